The van der Waals surface area contributed by atoms with Crippen LogP contribution in [0, 0.1) is 0 Å². The van der Waals surface area contributed by atoms with Crippen LogP contribution < -0.4 is 5.73 Å². The van der Waals surface area contributed by atoms with E-state index < -0.39 is 5.97 Å². The van der Waals surface area contributed by atoms with Crippen molar-refractivity contribution < 1.29 is 13.9 Å². The molecule has 2 N–H and O–H groups in total. The number of carbonyl (C=O) groups excluding carboxylic acids is 1. The average molecular weight is 366 g/mol. The lowest BCUT2D eigenvalue weighted by atomic mass is 10.1. The van der Waals surface area contributed by atoms with Crippen LogP contribution in [0.5, 0.6) is 0 Å². The van der Waals surface area contributed by atoms with Crippen LogP contribution in [0.1, 0.15) is 17.3 Å². The fraction of sp³-hybridized carbons (Fsp3) is 0.133. The fourth-order valence-corrected chi connectivity index (χ4v) is 3.28. The second kappa shape index (κ2) is 5.54. The molecular formula is C15H12BrNO3S. The number of hydrogen-bond acceptors (Lipinski definition) is 5. The minimum Gasteiger partial charge on any atom is -0.462 e. The summed E-state index contributed by atoms with van der Waals surface area (Å²) in [5.41, 5.74) is 7.70. The number of carbonyl (C=O) groups is 1. The van der Waals surface area contributed by atoms with E-state index in [9.17, 15) is 4.79 Å². The van der Waals surface area contributed by atoms with Gasteiger partial charge in [0.1, 0.15) is 21.9 Å². The van der Waals surface area contributed by atoms with E-state index in [-0.39, 0.29) is 0 Å². The number of hydrogen-bond donors (Lipinski definition) is 1. The Bertz CT molecular complexity index is 822. The number of fused-ring (bicyclic) bond motifs is 1. The number of nitrogen functional groups attached to an aromatic ring is 1. The normalized spacial score (nSPS) is 11.0. The summed E-state index contributed by atoms with van der Waals surface area (Å²) < 4.78 is 11.8. The van der Waals surface area contributed by atoms with Gasteiger partial charge in [0.25, 0.3) is 0 Å². The van der Waals surface area contributed by atoms with Gasteiger partial charge < -0.3 is 14.9 Å². The third-order valence-corrected chi connectivity index (χ3v) is 4.35. The first-order chi connectivity index (χ1) is 10.1. The Labute approximate surface area is 133 Å². The number of furan rings is 1. The van der Waals surface area contributed by atoms with Crippen LogP contribution >= 0.6 is 27.3 Å². The smallest absolute Gasteiger partial charge is 0.341 e. The van der Waals surface area contributed by atoms with Crippen LogP contribution in [0.2, 0.25) is 0 Å². The predicted molar refractivity (Wildman–Crippen MR) is 87.6 cm³/mol. The number of benzene rings is 1. The van der Waals surface area contributed by atoms with Crippen LogP contribution in [0.4, 0.5) is 5.00 Å². The highest BCUT2D eigenvalue weighted by Crippen LogP contribution is 2.37. The van der Waals surface area contributed by atoms with Gasteiger partial charge in [-0.2, -0.15) is 0 Å². The summed E-state index contributed by atoms with van der Waals surface area (Å²) in [7, 11) is 0. The number of esters is 1. The Balaban J connectivity index is 2.12. The van der Waals surface area contributed by atoms with Crippen molar-refractivity contribution >= 4 is 49.2 Å². The van der Waals surface area contributed by atoms with Crippen molar-refractivity contribution in [2.75, 3.05) is 12.3 Å². The van der Waals surface area contributed by atoms with Crippen LogP contribution in [0.25, 0.3) is 22.3 Å². The Morgan fingerprint density at radius 3 is 3.00 bits per heavy atom. The van der Waals surface area contributed by atoms with E-state index in [0.717, 1.165) is 15.4 Å². The van der Waals surface area contributed by atoms with Gasteiger partial charge in [0.15, 0.2) is 0 Å². The number of thiophene rings is 1. The summed E-state index contributed by atoms with van der Waals surface area (Å²) in [6, 6.07) is 7.64. The molecule has 108 valence electrons. The molecule has 0 unspecified atom stereocenters. The highest BCUT2D eigenvalue weighted by molar-refractivity contribution is 9.10. The van der Waals surface area contributed by atoms with Gasteiger partial charge in [-0.1, -0.05) is 15.9 Å². The minimum atomic E-state index is -0.423. The number of ether oxygens (including phenoxy) is 1. The van der Waals surface area contributed by atoms with Crippen molar-refractivity contribution in [2.45, 2.75) is 6.92 Å². The molecule has 1 aromatic carbocycles. The van der Waals surface area contributed by atoms with Gasteiger partial charge in [0, 0.05) is 20.8 Å². The molecule has 0 radical (unpaired) electrons. The number of halogens is 1. The lowest BCUT2D eigenvalue weighted by Crippen LogP contribution is -2.06. The molecule has 0 amide bonds. The topological polar surface area (TPSA) is 65.5 Å². The highest BCUT2D eigenvalue weighted by Gasteiger charge is 2.22. The van der Waals surface area contributed by atoms with E-state index >= 15 is 0 Å². The molecule has 4 nitrogen and oxygen atoms in total. The zero-order chi connectivity index (χ0) is 15.0. The Kier molecular flexibility index (Phi) is 3.73. The molecule has 0 saturated heterocycles. The van der Waals surface area contributed by atoms with Crippen LogP contribution in [-0.4, -0.2) is 12.6 Å². The van der Waals surface area contributed by atoms with E-state index in [0.29, 0.717) is 28.5 Å². The summed E-state index contributed by atoms with van der Waals surface area (Å²) in [4.78, 5) is 12.0. The molecule has 0 atom stereocenters. The molecule has 2 heterocycles. The molecule has 2 aromatic heterocycles. The standard InChI is InChI=1S/C15H12BrNO3S/c1-2-19-15(18)13-10(7-21-14(13)17)12-6-8-5-9(16)3-4-11(8)20-12/h3-7H,2,17H2,1H3. The van der Waals surface area contributed by atoms with E-state index in [1.54, 1.807) is 6.92 Å². The van der Waals surface area contributed by atoms with E-state index in [4.69, 9.17) is 14.9 Å². The van der Waals surface area contributed by atoms with Crippen molar-refractivity contribution in [3.05, 3.63) is 39.7 Å². The number of nitrogens with two attached hydrogens (primary N) is 1. The Hall–Kier alpha value is -1.79. The first kappa shape index (κ1) is 14.2. The van der Waals surface area contributed by atoms with Crippen molar-refractivity contribution in [1.29, 1.82) is 0 Å². The predicted octanol–water partition coefficient (Wildman–Crippen LogP) is 4.68. The fourth-order valence-electron chi connectivity index (χ4n) is 2.12. The zero-order valence-electron chi connectivity index (χ0n) is 11.2. The van der Waals surface area contributed by atoms with Gasteiger partial charge in [-0.25, -0.2) is 4.79 Å². The summed E-state index contributed by atoms with van der Waals surface area (Å²) in [5.74, 6) is 0.187. The van der Waals surface area contributed by atoms with E-state index in [1.807, 2.05) is 29.6 Å². The lowest BCUT2D eigenvalue weighted by Gasteiger charge is -2.03. The largest absolute Gasteiger partial charge is 0.462 e. The molecule has 3 rings (SSSR count). The summed E-state index contributed by atoms with van der Waals surface area (Å²) in [6.07, 6.45) is 0. The third kappa shape index (κ3) is 2.56. The average Bonchev–Trinajstić information content (AvgIpc) is 3.01. The van der Waals surface area contributed by atoms with Gasteiger partial charge in [-0.15, -0.1) is 11.3 Å². The zero-order valence-corrected chi connectivity index (χ0v) is 13.6. The quantitative estimate of drug-likeness (QED) is 0.684. The van der Waals surface area contributed by atoms with Gasteiger partial charge in [0.2, 0.25) is 0 Å². The SMILES string of the molecule is CCOC(=O)c1c(-c2cc3cc(Br)ccc3o2)csc1N. The molecule has 0 bridgehead atoms. The molecule has 0 saturated carbocycles. The van der Waals surface area contributed by atoms with Crippen molar-refractivity contribution in [3.8, 4) is 11.3 Å². The molecular weight excluding hydrogens is 354 g/mol. The van der Waals surface area contributed by atoms with Crippen LogP contribution in [0.15, 0.2) is 38.5 Å². The molecule has 3 aromatic rings. The lowest BCUT2D eigenvalue weighted by molar-refractivity contribution is 0.0529. The maximum atomic E-state index is 12.0. The maximum absolute atomic E-state index is 12.0. The van der Waals surface area contributed by atoms with E-state index in [1.165, 1.54) is 11.3 Å². The van der Waals surface area contributed by atoms with Gasteiger partial charge in [0.05, 0.1) is 6.61 Å². The maximum Gasteiger partial charge on any atom is 0.341 e. The van der Waals surface area contributed by atoms with Gasteiger partial charge in [-0.05, 0) is 31.2 Å². The molecule has 0 fully saturated rings. The van der Waals surface area contributed by atoms with Crippen molar-refractivity contribution in [2.24, 2.45) is 0 Å². The summed E-state index contributed by atoms with van der Waals surface area (Å²) in [6.45, 7) is 2.07. The minimum absolute atomic E-state index is 0.306. The van der Waals surface area contributed by atoms with Crippen LogP contribution in [-0.2, 0) is 4.74 Å². The Morgan fingerprint density at radius 1 is 1.43 bits per heavy atom. The van der Waals surface area contributed by atoms with E-state index in [2.05, 4.69) is 15.9 Å². The summed E-state index contributed by atoms with van der Waals surface area (Å²) >= 11 is 4.73. The van der Waals surface area contributed by atoms with Crippen molar-refractivity contribution in [1.82, 2.24) is 0 Å². The molecule has 0 spiro atoms. The molecule has 6 heteroatoms. The van der Waals surface area contributed by atoms with Gasteiger partial charge in [-0.3, -0.25) is 0 Å². The third-order valence-electron chi connectivity index (χ3n) is 3.04. The number of rotatable bonds is 3. The Morgan fingerprint density at radius 2 is 2.24 bits per heavy atom. The summed E-state index contributed by atoms with van der Waals surface area (Å²) in [5, 5.41) is 3.21. The first-order valence-corrected chi connectivity index (χ1v) is 8.01. The number of anilines is 1. The second-order valence-corrected chi connectivity index (χ2v) is 6.23. The van der Waals surface area contributed by atoms with Gasteiger partial charge >= 0.3 is 5.97 Å². The van der Waals surface area contributed by atoms with Crippen molar-refractivity contribution in [3.63, 3.8) is 0 Å². The van der Waals surface area contributed by atoms with Crippen LogP contribution in [0.3, 0.4) is 0 Å². The second-order valence-electron chi connectivity index (χ2n) is 4.40. The molecule has 0 aliphatic rings. The molecule has 0 aliphatic heterocycles. The highest BCUT2D eigenvalue weighted by atomic mass is 79.9. The molecule has 21 heavy (non-hydrogen) atoms. The first-order valence-electron chi connectivity index (χ1n) is 6.33. The monoisotopic (exact) mass is 365 g/mol. The molecule has 0 aliphatic carbocycles.